The first-order valence-corrected chi connectivity index (χ1v) is 8.41. The van der Waals surface area contributed by atoms with E-state index in [1.807, 2.05) is 19.1 Å². The zero-order valence-electron chi connectivity index (χ0n) is 13.6. The van der Waals surface area contributed by atoms with Gasteiger partial charge >= 0.3 is 0 Å². The van der Waals surface area contributed by atoms with E-state index in [9.17, 15) is 10.2 Å². The van der Waals surface area contributed by atoms with E-state index in [2.05, 4.69) is 17.0 Å². The minimum atomic E-state index is -0.298. The Labute approximate surface area is 133 Å². The average molecular weight is 307 g/mol. The van der Waals surface area contributed by atoms with Crippen LogP contribution < -0.4 is 0 Å². The number of piperidine rings is 1. The summed E-state index contributed by atoms with van der Waals surface area (Å²) in [5.41, 5.74) is 2.35. The summed E-state index contributed by atoms with van der Waals surface area (Å²) in [7, 11) is 0. The van der Waals surface area contributed by atoms with Crippen molar-refractivity contribution in [2.45, 2.75) is 44.8 Å². The fourth-order valence-electron chi connectivity index (χ4n) is 3.26. The number of β-amino-alcohol motifs (C(OH)–C–C–N with tert-alkyl or cyclic N) is 1. The zero-order valence-corrected chi connectivity index (χ0v) is 13.6. The van der Waals surface area contributed by atoms with Crippen molar-refractivity contribution in [3.63, 3.8) is 0 Å². The molecule has 1 atom stereocenters. The summed E-state index contributed by atoms with van der Waals surface area (Å²) in [4.78, 5) is 2.34. The van der Waals surface area contributed by atoms with E-state index in [0.717, 1.165) is 38.0 Å². The number of nitrogens with zero attached hydrogens (tertiary/aromatic N) is 1. The molecule has 2 rings (SSSR count). The molecule has 1 aliphatic heterocycles. The summed E-state index contributed by atoms with van der Waals surface area (Å²) in [6.07, 6.45) is 2.60. The Kier molecular flexibility index (Phi) is 7.33. The van der Waals surface area contributed by atoms with E-state index >= 15 is 0 Å². The largest absolute Gasteiger partial charge is 0.392 e. The lowest BCUT2D eigenvalue weighted by molar-refractivity contribution is 0.0568. The number of likely N-dealkylation sites (tertiary alicyclic amines) is 1. The van der Waals surface area contributed by atoms with Crippen LogP contribution in [-0.2, 0) is 11.3 Å². The Hall–Kier alpha value is -0.940. The van der Waals surface area contributed by atoms with E-state index in [1.165, 1.54) is 5.56 Å². The number of rotatable bonds is 8. The predicted octanol–water partition coefficient (Wildman–Crippen LogP) is 2.15. The molecule has 0 amide bonds. The van der Waals surface area contributed by atoms with Gasteiger partial charge in [0, 0.05) is 19.8 Å². The van der Waals surface area contributed by atoms with Gasteiger partial charge in [0.15, 0.2) is 0 Å². The van der Waals surface area contributed by atoms with Crippen LogP contribution in [0.4, 0.5) is 0 Å². The van der Waals surface area contributed by atoms with Gasteiger partial charge in [-0.15, -0.1) is 0 Å². The molecule has 0 aliphatic carbocycles. The average Bonchev–Trinajstić information content (AvgIpc) is 2.56. The zero-order chi connectivity index (χ0) is 15.8. The SMILES string of the molecule is CCOCCC(O)CN1CCC(c2ccccc2CO)CC1. The topological polar surface area (TPSA) is 52.9 Å². The van der Waals surface area contributed by atoms with E-state index in [-0.39, 0.29) is 12.7 Å². The Morgan fingerprint density at radius 2 is 2.00 bits per heavy atom. The minimum absolute atomic E-state index is 0.118. The Balaban J connectivity index is 1.78. The van der Waals surface area contributed by atoms with Gasteiger partial charge < -0.3 is 19.8 Å². The Morgan fingerprint density at radius 1 is 1.27 bits per heavy atom. The molecule has 1 aromatic rings. The van der Waals surface area contributed by atoms with Crippen molar-refractivity contribution in [3.8, 4) is 0 Å². The molecule has 4 nitrogen and oxygen atoms in total. The highest BCUT2D eigenvalue weighted by Crippen LogP contribution is 2.30. The fraction of sp³-hybridized carbons (Fsp3) is 0.667. The monoisotopic (exact) mass is 307 g/mol. The van der Waals surface area contributed by atoms with Crippen LogP contribution in [0, 0.1) is 0 Å². The molecule has 4 heteroatoms. The lowest BCUT2D eigenvalue weighted by atomic mass is 9.86. The summed E-state index contributed by atoms with van der Waals surface area (Å²) in [6.45, 7) is 6.20. The summed E-state index contributed by atoms with van der Waals surface area (Å²) in [6, 6.07) is 8.19. The van der Waals surface area contributed by atoms with Crippen LogP contribution >= 0.6 is 0 Å². The predicted molar refractivity (Wildman–Crippen MR) is 87.9 cm³/mol. The molecule has 1 fully saturated rings. The molecule has 22 heavy (non-hydrogen) atoms. The van der Waals surface area contributed by atoms with Gasteiger partial charge in [0.2, 0.25) is 0 Å². The van der Waals surface area contributed by atoms with Gasteiger partial charge in [-0.2, -0.15) is 0 Å². The number of hydrogen-bond acceptors (Lipinski definition) is 4. The first kappa shape index (κ1) is 17.4. The molecule has 1 aliphatic rings. The Bertz CT molecular complexity index is 430. The maximum Gasteiger partial charge on any atom is 0.0689 e. The molecule has 0 saturated carbocycles. The maximum absolute atomic E-state index is 10.0. The van der Waals surface area contributed by atoms with Gasteiger partial charge in [0.05, 0.1) is 12.7 Å². The second kappa shape index (κ2) is 9.26. The number of hydrogen-bond donors (Lipinski definition) is 2. The standard InChI is InChI=1S/C18H29NO3/c1-2-22-12-9-17(21)13-19-10-7-15(8-11-19)18-6-4-3-5-16(18)14-20/h3-6,15,17,20-21H,2,7-14H2,1H3. The lowest BCUT2D eigenvalue weighted by Gasteiger charge is -2.34. The third-order valence-electron chi connectivity index (χ3n) is 4.52. The van der Waals surface area contributed by atoms with Gasteiger partial charge in [-0.1, -0.05) is 24.3 Å². The minimum Gasteiger partial charge on any atom is -0.392 e. The highest BCUT2D eigenvalue weighted by molar-refractivity contribution is 5.30. The number of aliphatic hydroxyl groups excluding tert-OH is 2. The number of benzene rings is 1. The van der Waals surface area contributed by atoms with Crippen LogP contribution in [0.15, 0.2) is 24.3 Å². The van der Waals surface area contributed by atoms with Gasteiger partial charge in [-0.25, -0.2) is 0 Å². The summed E-state index contributed by atoms with van der Waals surface area (Å²) < 4.78 is 5.29. The van der Waals surface area contributed by atoms with Crippen LogP contribution in [0.3, 0.4) is 0 Å². The van der Waals surface area contributed by atoms with Crippen molar-refractivity contribution in [1.82, 2.24) is 4.90 Å². The second-order valence-electron chi connectivity index (χ2n) is 6.07. The van der Waals surface area contributed by atoms with Crippen molar-refractivity contribution in [3.05, 3.63) is 35.4 Å². The molecular weight excluding hydrogens is 278 g/mol. The van der Waals surface area contributed by atoms with Crippen LogP contribution in [-0.4, -0.2) is 54.1 Å². The molecule has 0 radical (unpaired) electrons. The quantitative estimate of drug-likeness (QED) is 0.723. The van der Waals surface area contributed by atoms with Crippen LogP contribution in [0.5, 0.6) is 0 Å². The molecule has 124 valence electrons. The van der Waals surface area contributed by atoms with Crippen LogP contribution in [0.25, 0.3) is 0 Å². The fourth-order valence-corrected chi connectivity index (χ4v) is 3.26. The molecule has 1 heterocycles. The molecule has 1 saturated heterocycles. The van der Waals surface area contributed by atoms with E-state index in [1.54, 1.807) is 0 Å². The first-order chi connectivity index (χ1) is 10.7. The first-order valence-electron chi connectivity index (χ1n) is 8.41. The van der Waals surface area contributed by atoms with Crippen molar-refractivity contribution in [1.29, 1.82) is 0 Å². The third-order valence-corrected chi connectivity index (χ3v) is 4.52. The molecular formula is C18H29NO3. The molecule has 0 aromatic heterocycles. The Morgan fingerprint density at radius 3 is 2.68 bits per heavy atom. The normalized spacial score (nSPS) is 18.5. The van der Waals surface area contributed by atoms with Crippen molar-refractivity contribution in [2.24, 2.45) is 0 Å². The van der Waals surface area contributed by atoms with Crippen LogP contribution in [0.1, 0.15) is 43.2 Å². The van der Waals surface area contributed by atoms with Crippen LogP contribution in [0.2, 0.25) is 0 Å². The highest BCUT2D eigenvalue weighted by Gasteiger charge is 2.23. The van der Waals surface area contributed by atoms with Crippen molar-refractivity contribution < 1.29 is 14.9 Å². The summed E-state index contributed by atoms with van der Waals surface area (Å²) >= 11 is 0. The molecule has 0 spiro atoms. The molecule has 1 aromatic carbocycles. The van der Waals surface area contributed by atoms with E-state index < -0.39 is 0 Å². The molecule has 1 unspecified atom stereocenters. The summed E-state index contributed by atoms with van der Waals surface area (Å²) in [5, 5.41) is 19.5. The lowest BCUT2D eigenvalue weighted by Crippen LogP contribution is -2.38. The van der Waals surface area contributed by atoms with E-state index in [4.69, 9.17) is 4.74 Å². The molecule has 0 bridgehead atoms. The van der Waals surface area contributed by atoms with Crippen molar-refractivity contribution in [2.75, 3.05) is 32.8 Å². The number of ether oxygens (including phenoxy) is 1. The third kappa shape index (κ3) is 5.06. The maximum atomic E-state index is 10.0. The van der Waals surface area contributed by atoms with Gasteiger partial charge in [-0.05, 0) is 56.3 Å². The van der Waals surface area contributed by atoms with Gasteiger partial charge in [0.25, 0.3) is 0 Å². The summed E-state index contributed by atoms with van der Waals surface area (Å²) in [5.74, 6) is 0.528. The highest BCUT2D eigenvalue weighted by atomic mass is 16.5. The second-order valence-corrected chi connectivity index (χ2v) is 6.07. The van der Waals surface area contributed by atoms with Gasteiger partial charge in [0.1, 0.15) is 0 Å². The van der Waals surface area contributed by atoms with Gasteiger partial charge in [-0.3, -0.25) is 0 Å². The number of aliphatic hydroxyl groups is 2. The smallest absolute Gasteiger partial charge is 0.0689 e. The molecule has 2 N–H and O–H groups in total. The van der Waals surface area contributed by atoms with E-state index in [0.29, 0.717) is 25.6 Å². The van der Waals surface area contributed by atoms with Crippen molar-refractivity contribution >= 4 is 0 Å².